The van der Waals surface area contributed by atoms with E-state index >= 15 is 0 Å². The number of rotatable bonds is 5. The molecule has 1 amide bonds. The molecule has 1 atom stereocenters. The van der Waals surface area contributed by atoms with Crippen molar-refractivity contribution >= 4 is 11.7 Å². The van der Waals surface area contributed by atoms with Crippen molar-refractivity contribution in [3.63, 3.8) is 0 Å². The molecule has 2 aromatic rings. The van der Waals surface area contributed by atoms with Crippen molar-refractivity contribution in [2.45, 2.75) is 13.0 Å². The maximum Gasteiger partial charge on any atom is 0.236 e. The van der Waals surface area contributed by atoms with Crippen molar-refractivity contribution in [2.75, 3.05) is 37.6 Å². The number of carbonyl (C=O) groups excluding carboxylic acids is 1. The third-order valence-electron chi connectivity index (χ3n) is 4.14. The first-order valence-corrected chi connectivity index (χ1v) is 7.94. The normalized spacial score (nSPS) is 16.4. The molecule has 0 radical (unpaired) electrons. The Hall–Kier alpha value is -2.34. The molecule has 1 aliphatic rings. The van der Waals surface area contributed by atoms with Crippen molar-refractivity contribution < 1.29 is 9.21 Å². The van der Waals surface area contributed by atoms with Crippen LogP contribution in [0.3, 0.4) is 0 Å². The summed E-state index contributed by atoms with van der Waals surface area (Å²) in [6.07, 6.45) is 3.44. The summed E-state index contributed by atoms with van der Waals surface area (Å²) in [6.45, 7) is 5.40. The van der Waals surface area contributed by atoms with E-state index in [2.05, 4.69) is 15.2 Å². The second-order valence-corrected chi connectivity index (χ2v) is 5.67. The minimum atomic E-state index is 0.0313. The first-order valence-electron chi connectivity index (χ1n) is 7.94. The van der Waals surface area contributed by atoms with Crippen LogP contribution in [0.1, 0.15) is 18.7 Å². The molecule has 23 heavy (non-hydrogen) atoms. The molecular weight excluding hydrogens is 292 g/mol. The zero-order valence-electron chi connectivity index (χ0n) is 13.3. The van der Waals surface area contributed by atoms with E-state index in [0.717, 1.165) is 37.8 Å². The third kappa shape index (κ3) is 3.90. The number of pyridine rings is 1. The molecule has 0 saturated carbocycles. The molecule has 6 heteroatoms. The fourth-order valence-corrected chi connectivity index (χ4v) is 2.72. The smallest absolute Gasteiger partial charge is 0.236 e. The summed E-state index contributed by atoms with van der Waals surface area (Å²) in [5.41, 5.74) is 0. The van der Waals surface area contributed by atoms with E-state index in [1.165, 1.54) is 0 Å². The van der Waals surface area contributed by atoms with Gasteiger partial charge in [0, 0.05) is 32.4 Å². The maximum atomic E-state index is 12.3. The topological polar surface area (TPSA) is 61.6 Å². The van der Waals surface area contributed by atoms with E-state index in [4.69, 9.17) is 4.42 Å². The molecule has 1 N–H and O–H groups in total. The van der Waals surface area contributed by atoms with Crippen molar-refractivity contribution in [3.05, 3.63) is 48.6 Å². The lowest BCUT2D eigenvalue weighted by molar-refractivity contribution is -0.130. The fourth-order valence-electron chi connectivity index (χ4n) is 2.72. The van der Waals surface area contributed by atoms with Crippen LogP contribution in [0.4, 0.5) is 5.82 Å². The number of furan rings is 1. The second-order valence-electron chi connectivity index (χ2n) is 5.67. The minimum absolute atomic E-state index is 0.0313. The predicted molar refractivity (Wildman–Crippen MR) is 88.2 cm³/mol. The number of piperazine rings is 1. The summed E-state index contributed by atoms with van der Waals surface area (Å²) in [6, 6.07) is 9.70. The number of hydrogen-bond donors (Lipinski definition) is 1. The molecule has 1 aliphatic heterocycles. The number of nitrogens with one attached hydrogen (secondary N) is 1. The molecular formula is C17H22N4O2. The van der Waals surface area contributed by atoms with Crippen molar-refractivity contribution in [2.24, 2.45) is 0 Å². The van der Waals surface area contributed by atoms with Gasteiger partial charge in [0.1, 0.15) is 11.6 Å². The number of carbonyl (C=O) groups is 1. The number of hydrogen-bond acceptors (Lipinski definition) is 5. The Morgan fingerprint density at radius 1 is 1.26 bits per heavy atom. The molecule has 0 unspecified atom stereocenters. The van der Waals surface area contributed by atoms with E-state index in [1.807, 2.05) is 42.2 Å². The lowest BCUT2D eigenvalue weighted by Crippen LogP contribution is -2.51. The van der Waals surface area contributed by atoms with Crippen molar-refractivity contribution in [3.8, 4) is 0 Å². The quantitative estimate of drug-likeness (QED) is 0.910. The highest BCUT2D eigenvalue weighted by Gasteiger charge is 2.22. The molecule has 6 nitrogen and oxygen atoms in total. The summed E-state index contributed by atoms with van der Waals surface area (Å²) in [4.78, 5) is 20.8. The van der Waals surface area contributed by atoms with Gasteiger partial charge in [-0.3, -0.25) is 10.1 Å². The first-order chi connectivity index (χ1) is 11.2. The molecule has 0 bridgehead atoms. The highest BCUT2D eigenvalue weighted by molar-refractivity contribution is 5.78. The molecule has 2 aromatic heterocycles. The van der Waals surface area contributed by atoms with Crippen LogP contribution in [0.25, 0.3) is 0 Å². The highest BCUT2D eigenvalue weighted by atomic mass is 16.3. The van der Waals surface area contributed by atoms with E-state index < -0.39 is 0 Å². The average molecular weight is 314 g/mol. The molecule has 0 aromatic carbocycles. The molecule has 1 saturated heterocycles. The Balaban J connectivity index is 1.45. The number of aromatic nitrogens is 1. The Kier molecular flexibility index (Phi) is 4.92. The summed E-state index contributed by atoms with van der Waals surface area (Å²) in [5.74, 6) is 1.95. The number of amides is 1. The largest absolute Gasteiger partial charge is 0.468 e. The van der Waals surface area contributed by atoms with Gasteiger partial charge < -0.3 is 14.2 Å². The fraction of sp³-hybridized carbons (Fsp3) is 0.412. The zero-order chi connectivity index (χ0) is 16.1. The van der Waals surface area contributed by atoms with Crippen LogP contribution in [-0.4, -0.2) is 48.5 Å². The molecule has 0 aliphatic carbocycles. The monoisotopic (exact) mass is 314 g/mol. The Labute approximate surface area is 136 Å². The standard InChI is InChI=1S/C17H22N4O2/c1-14(15-5-4-12-23-15)19-13-17(22)21-10-8-20(9-11-21)16-6-2-3-7-18-16/h2-7,12,14,19H,8-11,13H2,1H3/t14-/m1/s1. The SMILES string of the molecule is C[C@@H](NCC(=O)N1CCN(c2ccccn2)CC1)c1ccco1. The van der Waals surface area contributed by atoms with Gasteiger partial charge in [-0.25, -0.2) is 4.98 Å². The Morgan fingerprint density at radius 3 is 2.74 bits per heavy atom. The lowest BCUT2D eigenvalue weighted by Gasteiger charge is -2.35. The third-order valence-corrected chi connectivity index (χ3v) is 4.14. The van der Waals surface area contributed by atoms with E-state index in [-0.39, 0.29) is 11.9 Å². The summed E-state index contributed by atoms with van der Waals surface area (Å²) >= 11 is 0. The zero-order valence-corrected chi connectivity index (χ0v) is 13.3. The lowest BCUT2D eigenvalue weighted by atomic mass is 10.2. The van der Waals surface area contributed by atoms with Gasteiger partial charge >= 0.3 is 0 Å². The molecule has 0 spiro atoms. The average Bonchev–Trinajstić information content (AvgIpc) is 3.15. The Bertz CT molecular complexity index is 607. The molecule has 3 rings (SSSR count). The van der Waals surface area contributed by atoms with E-state index in [0.29, 0.717) is 6.54 Å². The van der Waals surface area contributed by atoms with Gasteiger partial charge in [0.2, 0.25) is 5.91 Å². The van der Waals surface area contributed by atoms with E-state index in [1.54, 1.807) is 12.5 Å². The van der Waals surface area contributed by atoms with Crippen LogP contribution >= 0.6 is 0 Å². The van der Waals surface area contributed by atoms with Gasteiger partial charge in [0.15, 0.2) is 0 Å². The number of nitrogens with zero attached hydrogens (tertiary/aromatic N) is 3. The van der Waals surface area contributed by atoms with Crippen LogP contribution < -0.4 is 10.2 Å². The molecule has 122 valence electrons. The van der Waals surface area contributed by atoms with Gasteiger partial charge in [-0.1, -0.05) is 6.07 Å². The summed E-state index contributed by atoms with van der Waals surface area (Å²) in [5, 5.41) is 3.21. The highest BCUT2D eigenvalue weighted by Crippen LogP contribution is 2.14. The number of anilines is 1. The first kappa shape index (κ1) is 15.6. The van der Waals surface area contributed by atoms with Gasteiger partial charge in [0.05, 0.1) is 18.8 Å². The predicted octanol–water partition coefficient (Wildman–Crippen LogP) is 1.67. The van der Waals surface area contributed by atoms with Crippen molar-refractivity contribution in [1.29, 1.82) is 0 Å². The van der Waals surface area contributed by atoms with Gasteiger partial charge in [0.25, 0.3) is 0 Å². The van der Waals surface area contributed by atoms with Crippen LogP contribution in [0.5, 0.6) is 0 Å². The van der Waals surface area contributed by atoms with Gasteiger partial charge in [-0.2, -0.15) is 0 Å². The maximum absolute atomic E-state index is 12.3. The minimum Gasteiger partial charge on any atom is -0.468 e. The van der Waals surface area contributed by atoms with Crippen molar-refractivity contribution in [1.82, 2.24) is 15.2 Å². The second kappa shape index (κ2) is 7.28. The van der Waals surface area contributed by atoms with Gasteiger partial charge in [-0.05, 0) is 31.2 Å². The van der Waals surface area contributed by atoms with Crippen LogP contribution in [-0.2, 0) is 4.79 Å². The van der Waals surface area contributed by atoms with Crippen LogP contribution in [0, 0.1) is 0 Å². The van der Waals surface area contributed by atoms with Crippen LogP contribution in [0.15, 0.2) is 47.2 Å². The van der Waals surface area contributed by atoms with E-state index in [9.17, 15) is 4.79 Å². The molecule has 1 fully saturated rings. The van der Waals surface area contributed by atoms with Gasteiger partial charge in [-0.15, -0.1) is 0 Å². The Morgan fingerprint density at radius 2 is 2.09 bits per heavy atom. The summed E-state index contributed by atoms with van der Waals surface area (Å²) < 4.78 is 5.34. The summed E-state index contributed by atoms with van der Waals surface area (Å²) in [7, 11) is 0. The van der Waals surface area contributed by atoms with Crippen LogP contribution in [0.2, 0.25) is 0 Å². The molecule has 3 heterocycles.